The molecule has 1 aliphatic heterocycles. The maximum atomic E-state index is 11.4. The zero-order valence-corrected chi connectivity index (χ0v) is 8.58. The Morgan fingerprint density at radius 1 is 1.71 bits per heavy atom. The molecule has 0 spiro atoms. The van der Waals surface area contributed by atoms with Gasteiger partial charge in [-0.15, -0.1) is 0 Å². The molecule has 5 nitrogen and oxygen atoms in total. The zero-order valence-electron chi connectivity index (χ0n) is 8.58. The van der Waals surface area contributed by atoms with Gasteiger partial charge in [-0.1, -0.05) is 6.92 Å². The molecule has 5 heteroatoms. The first-order valence-electron chi connectivity index (χ1n) is 4.78. The Morgan fingerprint density at radius 2 is 2.43 bits per heavy atom. The summed E-state index contributed by atoms with van der Waals surface area (Å²) in [5, 5.41) is 3.04. The van der Waals surface area contributed by atoms with Crippen molar-refractivity contribution in [3.63, 3.8) is 0 Å². The number of ether oxygens (including phenoxy) is 1. The molecule has 1 N–H and O–H groups in total. The average Bonchev–Trinajstić information content (AvgIpc) is 2.20. The molecule has 80 valence electrons. The summed E-state index contributed by atoms with van der Waals surface area (Å²) in [6, 6.07) is -0.229. The lowest BCUT2D eigenvalue weighted by atomic mass is 10.0. The SMILES string of the molecule is CCNC1CN(C(=O)OC)CCC1=O. The Bertz CT molecular complexity index is 222. The van der Waals surface area contributed by atoms with Gasteiger partial charge >= 0.3 is 6.09 Å². The van der Waals surface area contributed by atoms with Gasteiger partial charge in [0.15, 0.2) is 5.78 Å². The highest BCUT2D eigenvalue weighted by molar-refractivity contribution is 5.86. The van der Waals surface area contributed by atoms with E-state index in [2.05, 4.69) is 10.1 Å². The molecule has 1 saturated heterocycles. The Kier molecular flexibility index (Phi) is 3.88. The van der Waals surface area contributed by atoms with Crippen LogP contribution >= 0.6 is 0 Å². The van der Waals surface area contributed by atoms with E-state index >= 15 is 0 Å². The number of carbonyl (C=O) groups excluding carboxylic acids is 2. The molecule has 1 fully saturated rings. The van der Waals surface area contributed by atoms with Crippen molar-refractivity contribution < 1.29 is 14.3 Å². The van der Waals surface area contributed by atoms with Gasteiger partial charge < -0.3 is 15.0 Å². The number of carbonyl (C=O) groups is 2. The molecule has 1 amide bonds. The molecule has 0 aromatic rings. The average molecular weight is 200 g/mol. The highest BCUT2D eigenvalue weighted by atomic mass is 16.5. The number of likely N-dealkylation sites (N-methyl/N-ethyl adjacent to an activating group) is 1. The van der Waals surface area contributed by atoms with Crippen molar-refractivity contribution in [2.75, 3.05) is 26.7 Å². The standard InChI is InChI=1S/C9H16N2O3/c1-3-10-7-6-11(9(13)14-2)5-4-8(7)12/h7,10H,3-6H2,1-2H3. The first-order valence-corrected chi connectivity index (χ1v) is 4.78. The van der Waals surface area contributed by atoms with Crippen molar-refractivity contribution in [3.05, 3.63) is 0 Å². The number of nitrogens with zero attached hydrogens (tertiary/aromatic N) is 1. The van der Waals surface area contributed by atoms with Crippen LogP contribution in [0.1, 0.15) is 13.3 Å². The predicted molar refractivity (Wildman–Crippen MR) is 51.1 cm³/mol. The smallest absolute Gasteiger partial charge is 0.409 e. The van der Waals surface area contributed by atoms with Gasteiger partial charge in [-0.2, -0.15) is 0 Å². The quantitative estimate of drug-likeness (QED) is 0.682. The summed E-state index contributed by atoms with van der Waals surface area (Å²) in [6.45, 7) is 3.54. The van der Waals surface area contributed by atoms with Crippen molar-refractivity contribution >= 4 is 11.9 Å². The van der Waals surface area contributed by atoms with E-state index in [-0.39, 0.29) is 17.9 Å². The number of likely N-dealkylation sites (tertiary alicyclic amines) is 1. The number of ketones is 1. The number of hydrogen-bond acceptors (Lipinski definition) is 4. The minimum atomic E-state index is -0.361. The lowest BCUT2D eigenvalue weighted by molar-refractivity contribution is -0.123. The maximum absolute atomic E-state index is 11.4. The molecule has 1 rings (SSSR count). The van der Waals surface area contributed by atoms with Gasteiger partial charge in [0.05, 0.1) is 13.2 Å². The predicted octanol–water partition coefficient (Wildman–Crippen LogP) is 0.00570. The summed E-state index contributed by atoms with van der Waals surface area (Å²) in [5.41, 5.74) is 0. The van der Waals surface area contributed by atoms with Crippen LogP contribution in [-0.2, 0) is 9.53 Å². The van der Waals surface area contributed by atoms with E-state index in [0.717, 1.165) is 6.54 Å². The third-order valence-electron chi connectivity index (χ3n) is 2.30. The van der Waals surface area contributed by atoms with E-state index in [1.54, 1.807) is 4.90 Å². The largest absolute Gasteiger partial charge is 0.453 e. The van der Waals surface area contributed by atoms with Crippen molar-refractivity contribution in [2.24, 2.45) is 0 Å². The molecule has 1 atom stereocenters. The number of amides is 1. The van der Waals surface area contributed by atoms with E-state index < -0.39 is 0 Å². The number of Topliss-reactive ketones (excluding diaryl/α,β-unsaturated/α-hetero) is 1. The summed E-state index contributed by atoms with van der Waals surface area (Å²) < 4.78 is 4.60. The van der Waals surface area contributed by atoms with E-state index in [0.29, 0.717) is 19.5 Å². The maximum Gasteiger partial charge on any atom is 0.409 e. The first kappa shape index (κ1) is 11.0. The fourth-order valence-electron chi connectivity index (χ4n) is 1.55. The normalized spacial score (nSPS) is 22.3. The van der Waals surface area contributed by atoms with Crippen LogP contribution < -0.4 is 5.32 Å². The molecular weight excluding hydrogens is 184 g/mol. The van der Waals surface area contributed by atoms with Crippen LogP contribution in [0.5, 0.6) is 0 Å². The Labute approximate surface area is 83.4 Å². The van der Waals surface area contributed by atoms with Crippen molar-refractivity contribution in [1.82, 2.24) is 10.2 Å². The van der Waals surface area contributed by atoms with Crippen molar-refractivity contribution in [3.8, 4) is 0 Å². The molecule has 0 aliphatic carbocycles. The molecule has 0 aromatic heterocycles. The van der Waals surface area contributed by atoms with E-state index in [9.17, 15) is 9.59 Å². The van der Waals surface area contributed by atoms with Crippen LogP contribution in [0.2, 0.25) is 0 Å². The van der Waals surface area contributed by atoms with E-state index in [1.807, 2.05) is 6.92 Å². The van der Waals surface area contributed by atoms with Gasteiger partial charge in [-0.3, -0.25) is 4.79 Å². The zero-order chi connectivity index (χ0) is 10.6. The van der Waals surface area contributed by atoms with Gasteiger partial charge in [0, 0.05) is 19.5 Å². The van der Waals surface area contributed by atoms with Crippen LogP contribution in [0.4, 0.5) is 4.79 Å². The second kappa shape index (κ2) is 4.95. The Balaban J connectivity index is 2.52. The van der Waals surface area contributed by atoms with E-state index in [1.165, 1.54) is 7.11 Å². The highest BCUT2D eigenvalue weighted by Crippen LogP contribution is 2.07. The molecule has 1 unspecified atom stereocenters. The van der Waals surface area contributed by atoms with Crippen LogP contribution in [0, 0.1) is 0 Å². The third-order valence-corrected chi connectivity index (χ3v) is 2.30. The molecule has 0 bridgehead atoms. The van der Waals surface area contributed by atoms with Gasteiger partial charge in [0.2, 0.25) is 0 Å². The minimum absolute atomic E-state index is 0.173. The number of methoxy groups -OCH3 is 1. The summed E-state index contributed by atoms with van der Waals surface area (Å²) in [6.07, 6.45) is 0.0488. The Hall–Kier alpha value is -1.10. The van der Waals surface area contributed by atoms with Gasteiger partial charge in [-0.05, 0) is 6.54 Å². The van der Waals surface area contributed by atoms with Gasteiger partial charge in [-0.25, -0.2) is 4.79 Å². The van der Waals surface area contributed by atoms with Gasteiger partial charge in [0.25, 0.3) is 0 Å². The molecule has 1 aliphatic rings. The number of hydrogen-bond donors (Lipinski definition) is 1. The molecule has 14 heavy (non-hydrogen) atoms. The Morgan fingerprint density at radius 3 is 3.00 bits per heavy atom. The molecule has 0 radical (unpaired) electrons. The summed E-state index contributed by atoms with van der Waals surface area (Å²) in [5.74, 6) is 0.173. The fourth-order valence-corrected chi connectivity index (χ4v) is 1.55. The highest BCUT2D eigenvalue weighted by Gasteiger charge is 2.29. The third kappa shape index (κ3) is 2.45. The lowest BCUT2D eigenvalue weighted by Crippen LogP contribution is -2.53. The number of rotatable bonds is 2. The number of nitrogens with one attached hydrogen (secondary N) is 1. The number of piperidine rings is 1. The van der Waals surface area contributed by atoms with E-state index in [4.69, 9.17) is 0 Å². The monoisotopic (exact) mass is 200 g/mol. The fraction of sp³-hybridized carbons (Fsp3) is 0.778. The van der Waals surface area contributed by atoms with Crippen LogP contribution in [0.25, 0.3) is 0 Å². The first-order chi connectivity index (χ1) is 6.69. The van der Waals surface area contributed by atoms with Crippen LogP contribution in [-0.4, -0.2) is 49.6 Å². The molecule has 0 aromatic carbocycles. The molecule has 1 heterocycles. The summed E-state index contributed by atoms with van der Waals surface area (Å²) in [4.78, 5) is 24.1. The molecular formula is C9H16N2O3. The summed E-state index contributed by atoms with van der Waals surface area (Å²) in [7, 11) is 1.35. The second-order valence-corrected chi connectivity index (χ2v) is 3.24. The summed E-state index contributed by atoms with van der Waals surface area (Å²) >= 11 is 0. The van der Waals surface area contributed by atoms with Gasteiger partial charge in [0.1, 0.15) is 0 Å². The lowest BCUT2D eigenvalue weighted by Gasteiger charge is -2.30. The topological polar surface area (TPSA) is 58.6 Å². The second-order valence-electron chi connectivity index (χ2n) is 3.24. The minimum Gasteiger partial charge on any atom is -0.453 e. The molecule has 0 saturated carbocycles. The van der Waals surface area contributed by atoms with Crippen LogP contribution in [0.15, 0.2) is 0 Å². The van der Waals surface area contributed by atoms with Crippen molar-refractivity contribution in [2.45, 2.75) is 19.4 Å². The van der Waals surface area contributed by atoms with Crippen molar-refractivity contribution in [1.29, 1.82) is 0 Å². The van der Waals surface area contributed by atoms with Crippen LogP contribution in [0.3, 0.4) is 0 Å².